The fourth-order valence-electron chi connectivity index (χ4n) is 2.32. The Morgan fingerprint density at radius 1 is 1.08 bits per heavy atom. The molecule has 0 fully saturated rings. The van der Waals surface area contributed by atoms with Gasteiger partial charge in [-0.15, -0.1) is 0 Å². The second-order valence-corrected chi connectivity index (χ2v) is 5.56. The van der Waals surface area contributed by atoms with Crippen LogP contribution >= 0.6 is 0 Å². The summed E-state index contributed by atoms with van der Waals surface area (Å²) in [7, 11) is 0. The smallest absolute Gasteiger partial charge is 0.326 e. The number of hydrogen-bond acceptors (Lipinski definition) is 3. The van der Waals surface area contributed by atoms with Gasteiger partial charge < -0.3 is 15.2 Å². The zero-order valence-electron chi connectivity index (χ0n) is 14.0. The first-order valence-electron chi connectivity index (χ1n) is 7.53. The SMILES string of the molecule is CC(=O)Nc1cccc(NC(=O)Cn2cccc(C(F)(F)F)c2=O)c1C. The molecule has 0 unspecified atom stereocenters. The zero-order valence-corrected chi connectivity index (χ0v) is 14.0. The van der Waals surface area contributed by atoms with Crippen LogP contribution in [0.1, 0.15) is 18.1 Å². The molecule has 1 heterocycles. The lowest BCUT2D eigenvalue weighted by Crippen LogP contribution is -2.32. The molecule has 1 aromatic heterocycles. The highest BCUT2D eigenvalue weighted by atomic mass is 19.4. The standard InChI is InChI=1S/C17H16F3N3O3/c1-10-13(21-11(2)24)6-3-7-14(10)22-15(25)9-23-8-4-5-12(16(23)26)17(18,19)20/h3-8H,9H2,1-2H3,(H,21,24)(H,22,25). The summed E-state index contributed by atoms with van der Waals surface area (Å²) in [6.45, 7) is 2.43. The van der Waals surface area contributed by atoms with Crippen molar-refractivity contribution in [3.63, 3.8) is 0 Å². The van der Waals surface area contributed by atoms with Crippen molar-refractivity contribution in [1.82, 2.24) is 4.57 Å². The number of hydrogen-bond donors (Lipinski definition) is 2. The van der Waals surface area contributed by atoms with Crippen LogP contribution in [0.2, 0.25) is 0 Å². The molecule has 0 aliphatic heterocycles. The average molecular weight is 367 g/mol. The highest BCUT2D eigenvalue weighted by Crippen LogP contribution is 2.26. The molecule has 0 aliphatic rings. The van der Waals surface area contributed by atoms with Crippen LogP contribution in [-0.4, -0.2) is 16.4 Å². The molecule has 0 saturated carbocycles. The van der Waals surface area contributed by atoms with Gasteiger partial charge in [0.2, 0.25) is 11.8 Å². The molecule has 138 valence electrons. The number of nitrogens with one attached hydrogen (secondary N) is 2. The number of alkyl halides is 3. The van der Waals surface area contributed by atoms with Gasteiger partial charge in [-0.2, -0.15) is 13.2 Å². The van der Waals surface area contributed by atoms with Crippen LogP contribution in [0.15, 0.2) is 41.3 Å². The molecule has 0 spiro atoms. The number of pyridine rings is 1. The molecule has 2 aromatic rings. The number of rotatable bonds is 4. The number of carbonyl (C=O) groups excluding carboxylic acids is 2. The molecule has 1 aromatic carbocycles. The third-order valence-corrected chi connectivity index (χ3v) is 3.56. The molecule has 2 N–H and O–H groups in total. The zero-order chi connectivity index (χ0) is 19.5. The van der Waals surface area contributed by atoms with E-state index in [0.29, 0.717) is 27.6 Å². The van der Waals surface area contributed by atoms with E-state index in [2.05, 4.69) is 10.6 Å². The molecule has 0 saturated heterocycles. The van der Waals surface area contributed by atoms with Crippen molar-refractivity contribution >= 4 is 23.2 Å². The van der Waals surface area contributed by atoms with Crippen LogP contribution < -0.4 is 16.2 Å². The van der Waals surface area contributed by atoms with E-state index < -0.39 is 29.8 Å². The number of benzene rings is 1. The normalized spacial score (nSPS) is 11.1. The van der Waals surface area contributed by atoms with Gasteiger partial charge >= 0.3 is 6.18 Å². The fourth-order valence-corrected chi connectivity index (χ4v) is 2.32. The summed E-state index contributed by atoms with van der Waals surface area (Å²) in [4.78, 5) is 35.2. The monoisotopic (exact) mass is 367 g/mol. The Bertz CT molecular complexity index is 904. The average Bonchev–Trinajstić information content (AvgIpc) is 2.51. The lowest BCUT2D eigenvalue weighted by molar-refractivity contribution is -0.139. The largest absolute Gasteiger partial charge is 0.421 e. The Labute approximate surface area is 146 Å². The lowest BCUT2D eigenvalue weighted by atomic mass is 10.1. The quantitative estimate of drug-likeness (QED) is 0.872. The molecule has 26 heavy (non-hydrogen) atoms. The maximum atomic E-state index is 12.8. The fraction of sp³-hybridized carbons (Fsp3) is 0.235. The molecule has 9 heteroatoms. The first kappa shape index (κ1) is 19.2. The molecular formula is C17H16F3N3O3. The van der Waals surface area contributed by atoms with Crippen molar-refractivity contribution in [2.24, 2.45) is 0 Å². The number of nitrogens with zero attached hydrogens (tertiary/aromatic N) is 1. The molecule has 0 aliphatic carbocycles. The van der Waals surface area contributed by atoms with Gasteiger partial charge in [-0.25, -0.2) is 0 Å². The van der Waals surface area contributed by atoms with Crippen LogP contribution in [0.25, 0.3) is 0 Å². The molecule has 0 bridgehead atoms. The molecule has 6 nitrogen and oxygen atoms in total. The summed E-state index contributed by atoms with van der Waals surface area (Å²) in [6.07, 6.45) is -3.68. The minimum Gasteiger partial charge on any atom is -0.326 e. The number of amides is 2. The predicted molar refractivity (Wildman–Crippen MR) is 89.8 cm³/mol. The van der Waals surface area contributed by atoms with Crippen LogP contribution in [0.4, 0.5) is 24.5 Å². The van der Waals surface area contributed by atoms with E-state index in [1.165, 1.54) is 6.92 Å². The topological polar surface area (TPSA) is 80.2 Å². The third-order valence-electron chi connectivity index (χ3n) is 3.56. The first-order chi connectivity index (χ1) is 12.1. The highest BCUT2D eigenvalue weighted by molar-refractivity contribution is 5.95. The molecule has 2 rings (SSSR count). The van der Waals surface area contributed by atoms with Gasteiger partial charge in [-0.1, -0.05) is 6.07 Å². The van der Waals surface area contributed by atoms with Gasteiger partial charge in [0, 0.05) is 24.5 Å². The van der Waals surface area contributed by atoms with E-state index in [1.54, 1.807) is 25.1 Å². The van der Waals surface area contributed by atoms with Crippen LogP contribution in [-0.2, 0) is 22.3 Å². The molecule has 0 atom stereocenters. The summed E-state index contributed by atoms with van der Waals surface area (Å²) in [5.74, 6) is -0.957. The van der Waals surface area contributed by atoms with Gasteiger partial charge in [-0.3, -0.25) is 14.4 Å². The van der Waals surface area contributed by atoms with Crippen LogP contribution in [0.5, 0.6) is 0 Å². The first-order valence-corrected chi connectivity index (χ1v) is 7.53. The maximum absolute atomic E-state index is 12.8. The summed E-state index contributed by atoms with van der Waals surface area (Å²) in [6, 6.07) is 6.54. The Kier molecular flexibility index (Phi) is 5.49. The van der Waals surface area contributed by atoms with E-state index in [4.69, 9.17) is 0 Å². The summed E-state index contributed by atoms with van der Waals surface area (Å²) < 4.78 is 39.0. The van der Waals surface area contributed by atoms with E-state index in [0.717, 1.165) is 12.3 Å². The maximum Gasteiger partial charge on any atom is 0.421 e. The Balaban J connectivity index is 2.21. The van der Waals surface area contributed by atoms with E-state index in [-0.39, 0.29) is 5.91 Å². The molecule has 2 amide bonds. The molecular weight excluding hydrogens is 351 g/mol. The van der Waals surface area contributed by atoms with Crippen molar-refractivity contribution in [2.75, 3.05) is 10.6 Å². The van der Waals surface area contributed by atoms with Crippen LogP contribution in [0, 0.1) is 6.92 Å². The third kappa shape index (κ3) is 4.50. The van der Waals surface area contributed by atoms with E-state index >= 15 is 0 Å². The molecule has 0 radical (unpaired) electrons. The van der Waals surface area contributed by atoms with Gasteiger partial charge in [0.05, 0.1) is 0 Å². The van der Waals surface area contributed by atoms with Gasteiger partial charge in [0.15, 0.2) is 0 Å². The van der Waals surface area contributed by atoms with Gasteiger partial charge in [0.25, 0.3) is 5.56 Å². The van der Waals surface area contributed by atoms with Gasteiger partial charge in [0.1, 0.15) is 12.1 Å². The number of halogens is 3. The second-order valence-electron chi connectivity index (χ2n) is 5.56. The Hall–Kier alpha value is -3.10. The van der Waals surface area contributed by atoms with E-state index in [1.807, 2.05) is 0 Å². The van der Waals surface area contributed by atoms with Gasteiger partial charge in [-0.05, 0) is 36.8 Å². The van der Waals surface area contributed by atoms with Crippen molar-refractivity contribution in [2.45, 2.75) is 26.6 Å². The number of anilines is 2. The summed E-state index contributed by atoms with van der Waals surface area (Å²) >= 11 is 0. The van der Waals surface area contributed by atoms with Crippen molar-refractivity contribution < 1.29 is 22.8 Å². The van der Waals surface area contributed by atoms with Crippen molar-refractivity contribution in [3.8, 4) is 0 Å². The van der Waals surface area contributed by atoms with E-state index in [9.17, 15) is 27.6 Å². The second kappa shape index (κ2) is 7.42. The minimum atomic E-state index is -4.79. The summed E-state index contributed by atoms with van der Waals surface area (Å²) in [5, 5.41) is 5.13. The van der Waals surface area contributed by atoms with Crippen molar-refractivity contribution in [3.05, 3.63) is 58.0 Å². The minimum absolute atomic E-state index is 0.285. The lowest BCUT2D eigenvalue weighted by Gasteiger charge is -2.14. The Morgan fingerprint density at radius 2 is 1.69 bits per heavy atom. The van der Waals surface area contributed by atoms with Crippen LogP contribution in [0.3, 0.4) is 0 Å². The Morgan fingerprint density at radius 3 is 2.27 bits per heavy atom. The number of aromatic nitrogens is 1. The summed E-state index contributed by atoms with van der Waals surface area (Å²) in [5.41, 5.74) is -1.18. The number of carbonyl (C=O) groups is 2. The predicted octanol–water partition coefficient (Wildman–Crippen LogP) is 2.77. The van der Waals surface area contributed by atoms with Crippen molar-refractivity contribution in [1.29, 1.82) is 0 Å². The highest BCUT2D eigenvalue weighted by Gasteiger charge is 2.34.